The van der Waals surface area contributed by atoms with E-state index in [1.807, 2.05) is 0 Å². The molecule has 0 aromatic heterocycles. The minimum atomic E-state index is -3.89. The van der Waals surface area contributed by atoms with Crippen molar-refractivity contribution >= 4 is 15.3 Å². The zero-order valence-electron chi connectivity index (χ0n) is 8.02. The minimum Gasteiger partial charge on any atom is -0.453 e. The van der Waals surface area contributed by atoms with Gasteiger partial charge < -0.3 is 10.1 Å². The van der Waals surface area contributed by atoms with Crippen molar-refractivity contribution in [2.45, 2.75) is 6.92 Å². The summed E-state index contributed by atoms with van der Waals surface area (Å²) in [4.78, 5) is 11.1. The summed E-state index contributed by atoms with van der Waals surface area (Å²) in [7, 11) is -3.89. The molecule has 1 aliphatic rings. The summed E-state index contributed by atoms with van der Waals surface area (Å²) in [6.45, 7) is 3.43. The van der Waals surface area contributed by atoms with Crippen LogP contribution in [-0.2, 0) is 14.8 Å². The molecule has 0 aliphatic carbocycles. The second-order valence-electron chi connectivity index (χ2n) is 2.84. The van der Waals surface area contributed by atoms with Crippen LogP contribution in [-0.4, -0.2) is 50.8 Å². The van der Waals surface area contributed by atoms with Crippen molar-refractivity contribution < 1.29 is 17.9 Å². The van der Waals surface area contributed by atoms with Gasteiger partial charge in [-0.15, -0.1) is 0 Å². The predicted octanol–water partition coefficient (Wildman–Crippen LogP) is -0.622. The molecule has 1 aliphatic heterocycles. The standard InChI is InChI=1S/C7H14N2O4S/c1-2-13-7(10)14(11,12)9-5-3-8-4-6-9/h8H,2-6H2,1H3. The molecule has 0 aromatic carbocycles. The summed E-state index contributed by atoms with van der Waals surface area (Å²) >= 11 is 0. The van der Waals surface area contributed by atoms with E-state index in [1.54, 1.807) is 6.92 Å². The molecule has 0 spiro atoms. The monoisotopic (exact) mass is 222 g/mol. The van der Waals surface area contributed by atoms with Crippen LogP contribution in [0.5, 0.6) is 0 Å². The van der Waals surface area contributed by atoms with Crippen LogP contribution in [0.1, 0.15) is 6.92 Å². The lowest BCUT2D eigenvalue weighted by molar-refractivity contribution is 0.175. The summed E-state index contributed by atoms with van der Waals surface area (Å²) in [5.41, 5.74) is 0. The SMILES string of the molecule is CCOC(=O)S(=O)(=O)N1CCNCC1. The Morgan fingerprint density at radius 1 is 1.43 bits per heavy atom. The highest BCUT2D eigenvalue weighted by Crippen LogP contribution is 2.06. The second kappa shape index (κ2) is 4.72. The van der Waals surface area contributed by atoms with Gasteiger partial charge in [-0.1, -0.05) is 0 Å². The van der Waals surface area contributed by atoms with Crippen molar-refractivity contribution in [3.8, 4) is 0 Å². The van der Waals surface area contributed by atoms with Crippen molar-refractivity contribution in [1.29, 1.82) is 0 Å². The van der Waals surface area contributed by atoms with Gasteiger partial charge in [0.1, 0.15) is 0 Å². The highest BCUT2D eigenvalue weighted by Gasteiger charge is 2.32. The highest BCUT2D eigenvalue weighted by molar-refractivity contribution is 8.03. The molecule has 0 saturated carbocycles. The molecule has 1 N–H and O–H groups in total. The van der Waals surface area contributed by atoms with Crippen LogP contribution in [0.15, 0.2) is 0 Å². The number of sulfonamides is 1. The zero-order valence-corrected chi connectivity index (χ0v) is 8.84. The molecular weight excluding hydrogens is 208 g/mol. The number of carbonyl (C=O) groups excluding carboxylic acids is 1. The highest BCUT2D eigenvalue weighted by atomic mass is 32.2. The van der Waals surface area contributed by atoms with Gasteiger partial charge >= 0.3 is 15.3 Å². The Balaban J connectivity index is 2.68. The first kappa shape index (κ1) is 11.4. The number of carbonyl (C=O) groups is 1. The lowest BCUT2D eigenvalue weighted by Crippen LogP contribution is -2.48. The molecular formula is C7H14N2O4S. The van der Waals surface area contributed by atoms with Crippen LogP contribution in [0.4, 0.5) is 4.79 Å². The zero-order chi connectivity index (χ0) is 10.6. The smallest absolute Gasteiger partial charge is 0.439 e. The summed E-state index contributed by atoms with van der Waals surface area (Å²) in [5, 5.41) is 1.85. The number of hydrogen-bond acceptors (Lipinski definition) is 5. The van der Waals surface area contributed by atoms with E-state index in [4.69, 9.17) is 0 Å². The average molecular weight is 222 g/mol. The van der Waals surface area contributed by atoms with E-state index in [2.05, 4.69) is 10.1 Å². The first-order valence-electron chi connectivity index (χ1n) is 4.46. The number of nitrogens with zero attached hydrogens (tertiary/aromatic N) is 1. The molecule has 0 radical (unpaired) electrons. The Hall–Kier alpha value is -0.660. The predicted molar refractivity (Wildman–Crippen MR) is 50.4 cm³/mol. The molecule has 6 nitrogen and oxygen atoms in total. The van der Waals surface area contributed by atoms with Gasteiger partial charge in [0, 0.05) is 26.2 Å². The number of piperazine rings is 1. The van der Waals surface area contributed by atoms with Gasteiger partial charge in [-0.3, -0.25) is 0 Å². The number of ether oxygens (including phenoxy) is 1. The van der Waals surface area contributed by atoms with E-state index >= 15 is 0 Å². The van der Waals surface area contributed by atoms with Gasteiger partial charge in [0.2, 0.25) is 0 Å². The van der Waals surface area contributed by atoms with Crippen molar-refractivity contribution in [2.24, 2.45) is 0 Å². The molecule has 1 rings (SSSR count). The van der Waals surface area contributed by atoms with Crippen LogP contribution in [0.25, 0.3) is 0 Å². The van der Waals surface area contributed by atoms with E-state index in [0.717, 1.165) is 4.31 Å². The molecule has 0 amide bonds. The molecule has 1 heterocycles. The van der Waals surface area contributed by atoms with Gasteiger partial charge in [-0.25, -0.2) is 4.79 Å². The molecule has 0 unspecified atom stereocenters. The normalized spacial score (nSPS) is 19.2. The first-order valence-corrected chi connectivity index (χ1v) is 5.90. The minimum absolute atomic E-state index is 0.0736. The third-order valence-electron chi connectivity index (χ3n) is 1.89. The van der Waals surface area contributed by atoms with Gasteiger partial charge in [0.05, 0.1) is 6.61 Å². The molecule has 1 fully saturated rings. The Bertz CT molecular complexity index is 295. The van der Waals surface area contributed by atoms with E-state index in [1.165, 1.54) is 0 Å². The second-order valence-corrected chi connectivity index (χ2v) is 4.64. The van der Waals surface area contributed by atoms with Crippen LogP contribution in [0.3, 0.4) is 0 Å². The van der Waals surface area contributed by atoms with Gasteiger partial charge in [-0.05, 0) is 6.92 Å². The summed E-state index contributed by atoms with van der Waals surface area (Å²) in [5.74, 6) is 0. The third-order valence-corrected chi connectivity index (χ3v) is 3.47. The molecule has 7 heteroatoms. The maximum atomic E-state index is 11.5. The average Bonchev–Trinajstić information content (AvgIpc) is 2.19. The molecule has 82 valence electrons. The van der Waals surface area contributed by atoms with Gasteiger partial charge in [0.25, 0.3) is 0 Å². The Morgan fingerprint density at radius 2 is 2.00 bits per heavy atom. The van der Waals surface area contributed by atoms with Crippen molar-refractivity contribution in [3.05, 3.63) is 0 Å². The fourth-order valence-corrected chi connectivity index (χ4v) is 2.32. The molecule has 0 atom stereocenters. The van der Waals surface area contributed by atoms with Crippen molar-refractivity contribution in [1.82, 2.24) is 9.62 Å². The summed E-state index contributed by atoms with van der Waals surface area (Å²) in [6.07, 6.45) is 0. The van der Waals surface area contributed by atoms with Crippen LogP contribution < -0.4 is 5.32 Å². The van der Waals surface area contributed by atoms with Crippen LogP contribution >= 0.6 is 0 Å². The van der Waals surface area contributed by atoms with Crippen molar-refractivity contribution in [2.75, 3.05) is 32.8 Å². The molecule has 1 saturated heterocycles. The van der Waals surface area contributed by atoms with Crippen LogP contribution in [0, 0.1) is 0 Å². The Morgan fingerprint density at radius 3 is 2.50 bits per heavy atom. The molecule has 0 bridgehead atoms. The fraction of sp³-hybridized carbons (Fsp3) is 0.857. The molecule has 14 heavy (non-hydrogen) atoms. The van der Waals surface area contributed by atoms with Crippen LogP contribution in [0.2, 0.25) is 0 Å². The fourth-order valence-electron chi connectivity index (χ4n) is 1.18. The largest absolute Gasteiger partial charge is 0.453 e. The topological polar surface area (TPSA) is 75.7 Å². The first-order chi connectivity index (χ1) is 6.59. The van der Waals surface area contributed by atoms with Gasteiger partial charge in [0.15, 0.2) is 0 Å². The summed E-state index contributed by atoms with van der Waals surface area (Å²) in [6, 6.07) is 0. The van der Waals surface area contributed by atoms with E-state index < -0.39 is 15.3 Å². The quantitative estimate of drug-likeness (QED) is 0.630. The van der Waals surface area contributed by atoms with E-state index in [0.29, 0.717) is 26.2 Å². The maximum absolute atomic E-state index is 11.5. The number of rotatable bonds is 2. The lowest BCUT2D eigenvalue weighted by Gasteiger charge is -2.25. The lowest BCUT2D eigenvalue weighted by atomic mass is 10.4. The number of hydrogen-bond donors (Lipinski definition) is 1. The Kier molecular flexibility index (Phi) is 3.85. The van der Waals surface area contributed by atoms with Crippen molar-refractivity contribution in [3.63, 3.8) is 0 Å². The Labute approximate surface area is 83.3 Å². The van der Waals surface area contributed by atoms with E-state index in [-0.39, 0.29) is 6.61 Å². The third kappa shape index (κ3) is 2.43. The van der Waals surface area contributed by atoms with E-state index in [9.17, 15) is 13.2 Å². The number of nitrogens with one attached hydrogen (secondary N) is 1. The molecule has 0 aromatic rings. The summed E-state index contributed by atoms with van der Waals surface area (Å²) < 4.78 is 28.6. The maximum Gasteiger partial charge on any atom is 0.439 e. The van der Waals surface area contributed by atoms with Gasteiger partial charge in [-0.2, -0.15) is 12.7 Å².